The van der Waals surface area contributed by atoms with Crippen LogP contribution in [0.2, 0.25) is 0 Å². The molecule has 3 nitrogen and oxygen atoms in total. The van der Waals surface area contributed by atoms with Crippen molar-refractivity contribution in [2.24, 2.45) is 5.16 Å². The zero-order valence-electron chi connectivity index (χ0n) is 12.2. The lowest BCUT2D eigenvalue weighted by atomic mass is 10.1. The maximum absolute atomic E-state index is 13.1. The summed E-state index contributed by atoms with van der Waals surface area (Å²) in [5.74, 6) is -3.10. The van der Waals surface area contributed by atoms with Crippen LogP contribution in [-0.4, -0.2) is 11.7 Å². The molecule has 0 spiro atoms. The molecule has 0 aliphatic rings. The van der Waals surface area contributed by atoms with Gasteiger partial charge in [-0.2, -0.15) is 13.2 Å². The van der Waals surface area contributed by atoms with E-state index in [1.165, 1.54) is 13.0 Å². The second kappa shape index (κ2) is 6.77. The predicted molar refractivity (Wildman–Crippen MR) is 75.4 cm³/mol. The predicted octanol–water partition coefficient (Wildman–Crippen LogP) is 4.56. The zero-order chi connectivity index (χ0) is 17.9. The van der Waals surface area contributed by atoms with Crippen LogP contribution in [0.1, 0.15) is 28.4 Å². The summed E-state index contributed by atoms with van der Waals surface area (Å²) in [5.41, 5.74) is -0.756. The molecule has 0 aromatic heterocycles. The first kappa shape index (κ1) is 17.6. The van der Waals surface area contributed by atoms with Crippen LogP contribution in [0.4, 0.5) is 22.0 Å². The minimum absolute atomic E-state index is 0.0918. The first-order chi connectivity index (χ1) is 11.2. The van der Waals surface area contributed by atoms with Gasteiger partial charge in [-0.15, -0.1) is 0 Å². The summed E-state index contributed by atoms with van der Waals surface area (Å²) in [6.07, 6.45) is -4.51. The molecule has 2 aromatic rings. The molecule has 0 aliphatic carbocycles. The van der Waals surface area contributed by atoms with Crippen LogP contribution in [-0.2, 0) is 11.0 Å². The first-order valence-corrected chi connectivity index (χ1v) is 6.57. The molecule has 0 radical (unpaired) electrons. The largest absolute Gasteiger partial charge is 0.416 e. The topological polar surface area (TPSA) is 38.7 Å². The molecule has 0 N–H and O–H groups in total. The van der Waals surface area contributed by atoms with E-state index >= 15 is 0 Å². The van der Waals surface area contributed by atoms with E-state index in [1.807, 2.05) is 0 Å². The first-order valence-electron chi connectivity index (χ1n) is 6.57. The van der Waals surface area contributed by atoms with E-state index < -0.39 is 29.3 Å². The lowest BCUT2D eigenvalue weighted by Gasteiger charge is -2.06. The highest BCUT2D eigenvalue weighted by Gasteiger charge is 2.30. The van der Waals surface area contributed by atoms with Gasteiger partial charge in [0.25, 0.3) is 0 Å². The van der Waals surface area contributed by atoms with Gasteiger partial charge in [0.05, 0.1) is 16.8 Å². The van der Waals surface area contributed by atoms with Crippen molar-refractivity contribution in [3.8, 4) is 0 Å². The minimum Gasteiger partial charge on any atom is -0.313 e. The Morgan fingerprint density at radius 3 is 2.08 bits per heavy atom. The number of hydrogen-bond acceptors (Lipinski definition) is 3. The number of carbonyl (C=O) groups is 1. The van der Waals surface area contributed by atoms with Crippen molar-refractivity contribution in [3.63, 3.8) is 0 Å². The number of benzene rings is 2. The van der Waals surface area contributed by atoms with Crippen molar-refractivity contribution >= 4 is 11.7 Å². The number of rotatable bonds is 3. The summed E-state index contributed by atoms with van der Waals surface area (Å²) in [4.78, 5) is 16.3. The quantitative estimate of drug-likeness (QED) is 0.355. The van der Waals surface area contributed by atoms with E-state index in [2.05, 4.69) is 9.99 Å². The zero-order valence-corrected chi connectivity index (χ0v) is 12.2. The third-order valence-electron chi connectivity index (χ3n) is 3.05. The van der Waals surface area contributed by atoms with Gasteiger partial charge in [-0.3, -0.25) is 0 Å². The molecule has 2 aromatic carbocycles. The third-order valence-corrected chi connectivity index (χ3v) is 3.05. The van der Waals surface area contributed by atoms with E-state index in [0.717, 1.165) is 36.4 Å². The summed E-state index contributed by atoms with van der Waals surface area (Å²) in [6.45, 7) is 1.40. The lowest BCUT2D eigenvalue weighted by Crippen LogP contribution is -2.07. The molecule has 126 valence electrons. The summed E-state index contributed by atoms with van der Waals surface area (Å²) in [6, 6.07) is 6.39. The van der Waals surface area contributed by atoms with Crippen LogP contribution in [0.25, 0.3) is 0 Å². The van der Waals surface area contributed by atoms with Crippen molar-refractivity contribution in [2.75, 3.05) is 0 Å². The van der Waals surface area contributed by atoms with Crippen LogP contribution in [0.15, 0.2) is 47.6 Å². The Hall–Kier alpha value is -2.77. The highest BCUT2D eigenvalue weighted by atomic mass is 19.4. The van der Waals surface area contributed by atoms with Crippen molar-refractivity contribution in [2.45, 2.75) is 13.1 Å². The average Bonchev–Trinajstić information content (AvgIpc) is 2.54. The van der Waals surface area contributed by atoms with Gasteiger partial charge in [-0.25, -0.2) is 13.6 Å². The number of alkyl halides is 3. The number of oxime groups is 1. The fourth-order valence-corrected chi connectivity index (χ4v) is 1.73. The van der Waals surface area contributed by atoms with Crippen LogP contribution in [0.3, 0.4) is 0 Å². The molecule has 0 bridgehead atoms. The van der Waals surface area contributed by atoms with Gasteiger partial charge in [-0.05, 0) is 49.4 Å². The fourth-order valence-electron chi connectivity index (χ4n) is 1.73. The minimum atomic E-state index is -4.51. The SMILES string of the molecule is CC(=NOC(=O)c1ccc(C(F)(F)F)cc1)c1ccc(F)c(F)c1. The highest BCUT2D eigenvalue weighted by molar-refractivity contribution is 5.99. The molecule has 0 heterocycles. The van der Waals surface area contributed by atoms with Gasteiger partial charge < -0.3 is 4.84 Å². The monoisotopic (exact) mass is 343 g/mol. The Kier molecular flexibility index (Phi) is 4.96. The number of carbonyl (C=O) groups excluding carboxylic acids is 1. The van der Waals surface area contributed by atoms with Gasteiger partial charge in [-0.1, -0.05) is 5.16 Å². The van der Waals surface area contributed by atoms with Crippen molar-refractivity contribution in [1.82, 2.24) is 0 Å². The Balaban J connectivity index is 2.10. The lowest BCUT2D eigenvalue weighted by molar-refractivity contribution is -0.137. The van der Waals surface area contributed by atoms with E-state index in [1.54, 1.807) is 0 Å². The maximum Gasteiger partial charge on any atom is 0.416 e. The number of halogens is 5. The number of nitrogens with zero attached hydrogens (tertiary/aromatic N) is 1. The number of hydrogen-bond donors (Lipinski definition) is 0. The molecule has 0 aliphatic heterocycles. The van der Waals surface area contributed by atoms with E-state index in [9.17, 15) is 26.7 Å². The normalized spacial score (nSPS) is 12.2. The Morgan fingerprint density at radius 1 is 0.958 bits per heavy atom. The van der Waals surface area contributed by atoms with Crippen molar-refractivity contribution in [1.29, 1.82) is 0 Å². The Morgan fingerprint density at radius 2 is 1.54 bits per heavy atom. The van der Waals surface area contributed by atoms with Gasteiger partial charge in [0, 0.05) is 5.56 Å². The second-order valence-electron chi connectivity index (χ2n) is 4.76. The summed E-state index contributed by atoms with van der Waals surface area (Å²) < 4.78 is 63.2. The van der Waals surface area contributed by atoms with Gasteiger partial charge in [0.1, 0.15) is 0 Å². The summed E-state index contributed by atoms with van der Waals surface area (Å²) in [7, 11) is 0. The van der Waals surface area contributed by atoms with E-state index in [0.29, 0.717) is 0 Å². The average molecular weight is 343 g/mol. The highest BCUT2D eigenvalue weighted by Crippen LogP contribution is 2.29. The molecular formula is C16H10F5NO2. The Labute approximate surface area is 133 Å². The molecule has 0 unspecified atom stereocenters. The van der Waals surface area contributed by atoms with Crippen LogP contribution < -0.4 is 0 Å². The Bertz CT molecular complexity index is 782. The van der Waals surface area contributed by atoms with Gasteiger partial charge in [0.15, 0.2) is 11.6 Å². The second-order valence-corrected chi connectivity index (χ2v) is 4.76. The molecule has 24 heavy (non-hydrogen) atoms. The molecule has 0 atom stereocenters. The standard InChI is InChI=1S/C16H10F5NO2/c1-9(11-4-7-13(17)14(18)8-11)22-24-15(23)10-2-5-12(6-3-10)16(19,20)21/h2-8H,1H3. The van der Waals surface area contributed by atoms with Crippen LogP contribution in [0, 0.1) is 11.6 Å². The van der Waals surface area contributed by atoms with E-state index in [-0.39, 0.29) is 16.8 Å². The fraction of sp³-hybridized carbons (Fsp3) is 0.125. The summed E-state index contributed by atoms with van der Waals surface area (Å²) in [5, 5.41) is 3.47. The van der Waals surface area contributed by atoms with Crippen molar-refractivity contribution < 1.29 is 31.6 Å². The van der Waals surface area contributed by atoms with Crippen LogP contribution >= 0.6 is 0 Å². The molecule has 8 heteroatoms. The maximum atomic E-state index is 13.1. The van der Waals surface area contributed by atoms with Gasteiger partial charge >= 0.3 is 12.1 Å². The van der Waals surface area contributed by atoms with Gasteiger partial charge in [0.2, 0.25) is 0 Å². The third kappa shape index (κ3) is 4.15. The molecule has 0 fully saturated rings. The van der Waals surface area contributed by atoms with E-state index in [4.69, 9.17) is 0 Å². The molecule has 0 amide bonds. The van der Waals surface area contributed by atoms with Crippen molar-refractivity contribution in [3.05, 3.63) is 70.8 Å². The molecule has 0 saturated carbocycles. The molecule has 2 rings (SSSR count). The molecule has 0 saturated heterocycles. The summed E-state index contributed by atoms with van der Waals surface area (Å²) >= 11 is 0. The smallest absolute Gasteiger partial charge is 0.313 e. The molecular weight excluding hydrogens is 333 g/mol. The van der Waals surface area contributed by atoms with Crippen LogP contribution in [0.5, 0.6) is 0 Å².